The number of rotatable bonds is 30. The molecule has 4 unspecified atom stereocenters. The second-order valence-electron chi connectivity index (χ2n) is 21.1. The minimum Gasteiger partial charge on any atom is -0.508 e. The summed E-state index contributed by atoms with van der Waals surface area (Å²) in [6, 6.07) is 31.4. The van der Waals surface area contributed by atoms with E-state index >= 15 is 0 Å². The molecule has 0 bridgehead atoms. The fourth-order valence-corrected chi connectivity index (χ4v) is 11.1. The maximum absolute atomic E-state index is 14.0. The summed E-state index contributed by atoms with van der Waals surface area (Å²) in [5.74, 6) is 0.323. The molecular formula is C63H72N6O14S2. The molecule has 1 saturated heterocycles. The number of thiophene rings is 1. The summed E-state index contributed by atoms with van der Waals surface area (Å²) in [6.07, 6.45) is 0.722. The van der Waals surface area contributed by atoms with E-state index in [9.17, 15) is 34.5 Å². The van der Waals surface area contributed by atoms with Gasteiger partial charge >= 0.3 is 0 Å². The molecule has 6 N–H and O–H groups in total. The third kappa shape index (κ3) is 18.4. The molecule has 22 heteroatoms. The number of carbonyl (C=O) groups excluding carboxylic acids is 4. The van der Waals surface area contributed by atoms with E-state index < -0.39 is 41.3 Å². The van der Waals surface area contributed by atoms with Gasteiger partial charge in [-0.25, -0.2) is 10.4 Å². The highest BCUT2D eigenvalue weighted by atomic mass is 32.1. The number of nitrogens with one attached hydrogen (secondary N) is 3. The number of benzene rings is 5. The molecule has 0 radical (unpaired) electrons. The van der Waals surface area contributed by atoms with Crippen molar-refractivity contribution in [2.24, 2.45) is 10.5 Å². The number of aliphatic hydroxyl groups excluding tert-OH is 1. The molecule has 1 fully saturated rings. The van der Waals surface area contributed by atoms with Gasteiger partial charge in [0.25, 0.3) is 5.91 Å². The first-order valence-corrected chi connectivity index (χ1v) is 29.6. The number of amides is 4. The number of aromatic hydroxyl groups is 2. The normalized spacial score (nSPS) is 15.0. The molecule has 85 heavy (non-hydrogen) atoms. The lowest BCUT2D eigenvalue weighted by atomic mass is 9.85. The Morgan fingerprint density at radius 1 is 0.729 bits per heavy atom. The van der Waals surface area contributed by atoms with Crippen molar-refractivity contribution in [3.8, 4) is 49.6 Å². The Balaban J connectivity index is 0.625. The average molecular weight is 1200 g/mol. The zero-order valence-electron chi connectivity index (χ0n) is 48.1. The van der Waals surface area contributed by atoms with Crippen LogP contribution in [0, 0.1) is 12.3 Å². The van der Waals surface area contributed by atoms with E-state index in [-0.39, 0.29) is 56.2 Å². The first-order chi connectivity index (χ1) is 41.0. The van der Waals surface area contributed by atoms with Crippen LogP contribution in [-0.4, -0.2) is 152 Å². The molecule has 1 aliphatic heterocycles. The highest BCUT2D eigenvalue weighted by Gasteiger charge is 2.44. The number of carbonyl (C=O) groups is 4. The SMILES string of the molecule is Cc1ncsc1-c1ccc(C(C)NC(=O)C2CC(O)CN2C(=O)C(NC(=O)COCCOCCOCCOCCOCCOc2ccc(C=NNC(=O)c3ccc(Oc4c(-c5ccc(O)cc5)sc5cc(O)ccc45)cc3)cc2)C(C)(C)C)cc1. The molecule has 5 aromatic carbocycles. The smallest absolute Gasteiger partial charge is 0.271 e. The summed E-state index contributed by atoms with van der Waals surface area (Å²) in [6.45, 7) is 12.2. The number of nitrogens with zero attached hydrogens (tertiary/aromatic N) is 3. The number of hydrogen-bond acceptors (Lipinski definition) is 18. The van der Waals surface area contributed by atoms with E-state index in [1.54, 1.807) is 90.2 Å². The number of phenols is 2. The Hall–Kier alpha value is -7.80. The molecule has 4 amide bonds. The molecule has 20 nitrogen and oxygen atoms in total. The van der Waals surface area contributed by atoms with E-state index in [2.05, 4.69) is 26.1 Å². The van der Waals surface area contributed by atoms with Crippen molar-refractivity contribution in [1.29, 1.82) is 0 Å². The van der Waals surface area contributed by atoms with Gasteiger partial charge in [-0.2, -0.15) is 5.10 Å². The van der Waals surface area contributed by atoms with Crippen molar-refractivity contribution in [2.75, 3.05) is 79.2 Å². The summed E-state index contributed by atoms with van der Waals surface area (Å²) in [4.78, 5) is 61.2. The summed E-state index contributed by atoms with van der Waals surface area (Å²) in [5, 5.41) is 41.2. The number of fused-ring (bicyclic) bond motifs is 1. The Kier molecular flexibility index (Phi) is 22.9. The van der Waals surface area contributed by atoms with E-state index in [4.69, 9.17) is 33.2 Å². The molecular weight excluding hydrogens is 1130 g/mol. The Morgan fingerprint density at radius 2 is 1.32 bits per heavy atom. The van der Waals surface area contributed by atoms with E-state index in [0.29, 0.717) is 75.7 Å². The summed E-state index contributed by atoms with van der Waals surface area (Å²) in [7, 11) is 0. The summed E-state index contributed by atoms with van der Waals surface area (Å²) < 4.78 is 40.8. The highest BCUT2D eigenvalue weighted by molar-refractivity contribution is 7.22. The van der Waals surface area contributed by atoms with Gasteiger partial charge in [-0.3, -0.25) is 19.2 Å². The van der Waals surface area contributed by atoms with Gasteiger partial charge in [0.1, 0.15) is 48.3 Å². The third-order valence-corrected chi connectivity index (χ3v) is 15.8. The monoisotopic (exact) mass is 1200 g/mol. The first kappa shape index (κ1) is 63.2. The van der Waals surface area contributed by atoms with Gasteiger partial charge in [-0.1, -0.05) is 45.0 Å². The highest BCUT2D eigenvalue weighted by Crippen LogP contribution is 2.47. The summed E-state index contributed by atoms with van der Waals surface area (Å²) >= 11 is 3.03. The number of likely N-dealkylation sites (tertiary alicyclic amines) is 1. The maximum atomic E-state index is 14.0. The second kappa shape index (κ2) is 30.8. The predicted molar refractivity (Wildman–Crippen MR) is 325 cm³/mol. The third-order valence-electron chi connectivity index (χ3n) is 13.6. The molecule has 0 spiro atoms. The van der Waals surface area contributed by atoms with Crippen molar-refractivity contribution >= 4 is 62.6 Å². The minimum atomic E-state index is -0.984. The van der Waals surface area contributed by atoms with Gasteiger partial charge in [-0.05, 0) is 133 Å². The van der Waals surface area contributed by atoms with Crippen LogP contribution in [0.5, 0.6) is 28.7 Å². The average Bonchev–Trinajstić information content (AvgIpc) is 2.25. The van der Waals surface area contributed by atoms with Crippen molar-refractivity contribution in [1.82, 2.24) is 25.9 Å². The van der Waals surface area contributed by atoms with Gasteiger partial charge in [-0.15, -0.1) is 22.7 Å². The summed E-state index contributed by atoms with van der Waals surface area (Å²) in [5.41, 5.74) is 8.51. The molecule has 8 rings (SSSR count). The Bertz CT molecular complexity index is 3330. The number of hydrazone groups is 1. The van der Waals surface area contributed by atoms with E-state index in [1.165, 1.54) is 22.5 Å². The van der Waals surface area contributed by atoms with Gasteiger partial charge in [0.15, 0.2) is 5.75 Å². The van der Waals surface area contributed by atoms with Crippen LogP contribution in [0.1, 0.15) is 67.3 Å². The topological polar surface area (TPSA) is 258 Å². The van der Waals surface area contributed by atoms with Gasteiger partial charge in [0, 0.05) is 28.6 Å². The molecule has 4 atom stereocenters. The van der Waals surface area contributed by atoms with Crippen LogP contribution < -0.4 is 25.5 Å². The second-order valence-corrected chi connectivity index (χ2v) is 23.0. The molecule has 0 saturated carbocycles. The zero-order valence-corrected chi connectivity index (χ0v) is 49.7. The largest absolute Gasteiger partial charge is 0.508 e. The van der Waals surface area contributed by atoms with Crippen LogP contribution in [0.2, 0.25) is 0 Å². The molecule has 7 aromatic rings. The van der Waals surface area contributed by atoms with Crippen molar-refractivity contribution in [3.63, 3.8) is 0 Å². The number of aliphatic hydroxyl groups is 1. The van der Waals surface area contributed by atoms with Crippen molar-refractivity contribution in [3.05, 3.63) is 143 Å². The van der Waals surface area contributed by atoms with E-state index in [1.807, 2.05) is 76.5 Å². The Morgan fingerprint density at radius 3 is 1.94 bits per heavy atom. The van der Waals surface area contributed by atoms with Gasteiger partial charge in [0.2, 0.25) is 17.7 Å². The van der Waals surface area contributed by atoms with Crippen molar-refractivity contribution in [2.45, 2.75) is 65.3 Å². The fourth-order valence-electron chi connectivity index (χ4n) is 9.12. The lowest BCUT2D eigenvalue weighted by Gasteiger charge is -2.35. The van der Waals surface area contributed by atoms with E-state index in [0.717, 1.165) is 47.8 Å². The first-order valence-electron chi connectivity index (χ1n) is 27.9. The molecule has 3 heterocycles. The number of thiazole rings is 1. The number of ether oxygens (including phenoxy) is 7. The van der Waals surface area contributed by atoms with Gasteiger partial charge in [0.05, 0.1) is 98.8 Å². The van der Waals surface area contributed by atoms with Crippen LogP contribution in [-0.2, 0) is 38.1 Å². The predicted octanol–water partition coefficient (Wildman–Crippen LogP) is 8.80. The lowest BCUT2D eigenvalue weighted by Crippen LogP contribution is -2.58. The number of aromatic nitrogens is 1. The standard InChI is InChI=1S/C63H72N6O14S2/c1-40(43-8-10-44(11-9-43)57-41(2)64-39-84-57)66-61(75)53-34-49(72)37-69(53)62(76)59(63(3,4)5)67-55(73)38-81-31-30-79-27-26-77-24-25-78-28-29-80-32-33-82-50-19-6-42(7-20-50)36-65-68-60(74)46-14-21-51(22-15-46)83-56-52-23-18-48(71)35-54(52)85-58(56)45-12-16-47(70)17-13-45/h6-23,35-36,39-40,49,53,59,70-72H,24-34,37-38H2,1-5H3,(H,66,75)(H,67,73)(H,68,74). The van der Waals surface area contributed by atoms with Crippen LogP contribution in [0.15, 0.2) is 126 Å². The zero-order chi connectivity index (χ0) is 60.3. The minimum absolute atomic E-state index is 0.0320. The lowest BCUT2D eigenvalue weighted by molar-refractivity contribution is -0.144. The maximum Gasteiger partial charge on any atom is 0.271 e. The van der Waals surface area contributed by atoms with Gasteiger partial charge < -0.3 is 64.0 Å². The quantitative estimate of drug-likeness (QED) is 0.0140. The molecule has 2 aromatic heterocycles. The number of hydrogen-bond donors (Lipinski definition) is 6. The van der Waals surface area contributed by atoms with Crippen LogP contribution in [0.25, 0.3) is 31.0 Å². The number of aryl methyl sites for hydroxylation is 1. The van der Waals surface area contributed by atoms with Crippen LogP contribution in [0.4, 0.5) is 0 Å². The van der Waals surface area contributed by atoms with Crippen molar-refractivity contribution < 1.29 is 67.7 Å². The molecule has 0 aliphatic carbocycles. The fraction of sp³-hybridized carbons (Fsp3) is 0.365. The number of phenolic OH excluding ortho intramolecular Hbond substituents is 2. The number of β-amino-alcohol motifs (C(OH)–C–C–N with tert-alkyl or cyclic N) is 1. The molecule has 450 valence electrons. The molecule has 1 aliphatic rings. The Labute approximate surface area is 501 Å². The van der Waals surface area contributed by atoms with Crippen LogP contribution >= 0.6 is 22.7 Å². The van der Waals surface area contributed by atoms with Crippen LogP contribution in [0.3, 0.4) is 0 Å².